The van der Waals surface area contributed by atoms with Gasteiger partial charge in [-0.1, -0.05) is 19.1 Å². The molecule has 1 nitrogen and oxygen atoms in total. The van der Waals surface area contributed by atoms with Gasteiger partial charge in [0.15, 0.2) is 0 Å². The molecule has 0 spiro atoms. The average Bonchev–Trinajstić information content (AvgIpc) is 2.47. The molecule has 1 heterocycles. The standard InChI is InChI=1S/C12H21N/c1-10(2)5-6-12(4)13-8-7-11(3)9-13/h11H,1,4-9H2,2-3H3. The first kappa shape index (κ1) is 10.4. The van der Waals surface area contributed by atoms with E-state index < -0.39 is 0 Å². The van der Waals surface area contributed by atoms with Crippen LogP contribution in [0.5, 0.6) is 0 Å². The number of allylic oxidation sites excluding steroid dienone is 2. The van der Waals surface area contributed by atoms with E-state index in [1.54, 1.807) is 0 Å². The second kappa shape index (κ2) is 4.50. The zero-order valence-electron chi connectivity index (χ0n) is 8.97. The maximum absolute atomic E-state index is 4.13. The summed E-state index contributed by atoms with van der Waals surface area (Å²) in [6, 6.07) is 0. The third kappa shape index (κ3) is 3.25. The summed E-state index contributed by atoms with van der Waals surface area (Å²) in [6.07, 6.45) is 3.50. The molecule has 1 fully saturated rings. The summed E-state index contributed by atoms with van der Waals surface area (Å²) >= 11 is 0. The van der Waals surface area contributed by atoms with E-state index in [1.807, 2.05) is 0 Å². The van der Waals surface area contributed by atoms with Gasteiger partial charge in [0, 0.05) is 18.8 Å². The molecule has 0 N–H and O–H groups in total. The van der Waals surface area contributed by atoms with Crippen LogP contribution in [0.1, 0.15) is 33.1 Å². The van der Waals surface area contributed by atoms with Gasteiger partial charge in [-0.3, -0.25) is 0 Å². The zero-order valence-corrected chi connectivity index (χ0v) is 8.97. The number of rotatable bonds is 4. The lowest BCUT2D eigenvalue weighted by Crippen LogP contribution is -2.18. The highest BCUT2D eigenvalue weighted by atomic mass is 15.2. The predicted molar refractivity (Wildman–Crippen MR) is 58.5 cm³/mol. The second-order valence-corrected chi connectivity index (χ2v) is 4.36. The van der Waals surface area contributed by atoms with Crippen LogP contribution in [0.3, 0.4) is 0 Å². The quantitative estimate of drug-likeness (QED) is 0.599. The van der Waals surface area contributed by atoms with Crippen LogP contribution in [0.4, 0.5) is 0 Å². The molecule has 0 aromatic rings. The van der Waals surface area contributed by atoms with E-state index in [4.69, 9.17) is 0 Å². The molecule has 0 saturated carbocycles. The Morgan fingerprint density at radius 1 is 1.38 bits per heavy atom. The summed E-state index contributed by atoms with van der Waals surface area (Å²) in [5.74, 6) is 0.849. The largest absolute Gasteiger partial charge is 0.375 e. The molecule has 1 aliphatic rings. The van der Waals surface area contributed by atoms with Crippen molar-refractivity contribution in [1.29, 1.82) is 0 Å². The maximum Gasteiger partial charge on any atom is 0.0201 e. The van der Waals surface area contributed by atoms with Crippen molar-refractivity contribution < 1.29 is 0 Å². The van der Waals surface area contributed by atoms with E-state index in [0.717, 1.165) is 18.8 Å². The molecule has 1 unspecified atom stereocenters. The summed E-state index contributed by atoms with van der Waals surface area (Å²) in [7, 11) is 0. The molecule has 1 saturated heterocycles. The molecular formula is C12H21N. The summed E-state index contributed by atoms with van der Waals surface area (Å²) in [5.41, 5.74) is 2.56. The summed E-state index contributed by atoms with van der Waals surface area (Å²) < 4.78 is 0. The van der Waals surface area contributed by atoms with Gasteiger partial charge in [-0.05, 0) is 32.1 Å². The fourth-order valence-corrected chi connectivity index (χ4v) is 1.74. The highest BCUT2D eigenvalue weighted by Crippen LogP contribution is 2.22. The molecule has 0 radical (unpaired) electrons. The maximum atomic E-state index is 4.13. The van der Waals surface area contributed by atoms with Gasteiger partial charge in [0.2, 0.25) is 0 Å². The van der Waals surface area contributed by atoms with E-state index in [0.29, 0.717) is 0 Å². The molecule has 1 rings (SSSR count). The van der Waals surface area contributed by atoms with Gasteiger partial charge in [-0.2, -0.15) is 0 Å². The van der Waals surface area contributed by atoms with Crippen molar-refractivity contribution >= 4 is 0 Å². The van der Waals surface area contributed by atoms with Crippen LogP contribution in [0.2, 0.25) is 0 Å². The number of hydrogen-bond acceptors (Lipinski definition) is 1. The SMILES string of the molecule is C=C(C)CCC(=C)N1CCC(C)C1. The molecule has 0 bridgehead atoms. The Bertz CT molecular complexity index is 205. The number of hydrogen-bond donors (Lipinski definition) is 0. The van der Waals surface area contributed by atoms with Crippen molar-refractivity contribution in [3.8, 4) is 0 Å². The van der Waals surface area contributed by atoms with Crippen LogP contribution in [0.15, 0.2) is 24.4 Å². The van der Waals surface area contributed by atoms with Gasteiger partial charge >= 0.3 is 0 Å². The Morgan fingerprint density at radius 3 is 2.54 bits per heavy atom. The van der Waals surface area contributed by atoms with E-state index in [-0.39, 0.29) is 0 Å². The lowest BCUT2D eigenvalue weighted by atomic mass is 10.1. The molecule has 0 amide bonds. The Morgan fingerprint density at radius 2 is 2.08 bits per heavy atom. The molecule has 1 atom stereocenters. The van der Waals surface area contributed by atoms with Gasteiger partial charge in [-0.15, -0.1) is 6.58 Å². The van der Waals surface area contributed by atoms with Gasteiger partial charge in [0.25, 0.3) is 0 Å². The van der Waals surface area contributed by atoms with E-state index in [9.17, 15) is 0 Å². The second-order valence-electron chi connectivity index (χ2n) is 4.36. The lowest BCUT2D eigenvalue weighted by Gasteiger charge is -2.20. The summed E-state index contributed by atoms with van der Waals surface area (Å²) in [4.78, 5) is 2.42. The Kier molecular flexibility index (Phi) is 3.58. The normalized spacial score (nSPS) is 22.0. The highest BCUT2D eigenvalue weighted by Gasteiger charge is 2.18. The average molecular weight is 179 g/mol. The summed E-state index contributed by atoms with van der Waals surface area (Å²) in [5, 5.41) is 0. The van der Waals surface area contributed by atoms with E-state index in [1.165, 1.54) is 30.8 Å². The van der Waals surface area contributed by atoms with Gasteiger partial charge in [0.05, 0.1) is 0 Å². The third-order valence-electron chi connectivity index (χ3n) is 2.71. The fourth-order valence-electron chi connectivity index (χ4n) is 1.74. The Hall–Kier alpha value is -0.720. The lowest BCUT2D eigenvalue weighted by molar-refractivity contribution is 0.396. The fraction of sp³-hybridized carbons (Fsp3) is 0.667. The molecule has 1 heteroatoms. The molecule has 13 heavy (non-hydrogen) atoms. The van der Waals surface area contributed by atoms with Gasteiger partial charge in [-0.25, -0.2) is 0 Å². The minimum absolute atomic E-state index is 0.849. The minimum Gasteiger partial charge on any atom is -0.375 e. The van der Waals surface area contributed by atoms with Crippen LogP contribution in [0, 0.1) is 5.92 Å². The van der Waals surface area contributed by atoms with Crippen molar-refractivity contribution in [3.63, 3.8) is 0 Å². The predicted octanol–water partition coefficient (Wildman–Crippen LogP) is 3.20. The first-order chi connectivity index (χ1) is 6.09. The van der Waals surface area contributed by atoms with Crippen LogP contribution in [-0.4, -0.2) is 18.0 Å². The van der Waals surface area contributed by atoms with Crippen LogP contribution in [0.25, 0.3) is 0 Å². The van der Waals surface area contributed by atoms with Crippen molar-refractivity contribution in [1.82, 2.24) is 4.90 Å². The van der Waals surface area contributed by atoms with E-state index in [2.05, 4.69) is 31.9 Å². The molecule has 0 aliphatic carbocycles. The van der Waals surface area contributed by atoms with Gasteiger partial charge < -0.3 is 4.90 Å². The monoisotopic (exact) mass is 179 g/mol. The first-order valence-corrected chi connectivity index (χ1v) is 5.16. The molecular weight excluding hydrogens is 158 g/mol. The van der Waals surface area contributed by atoms with Gasteiger partial charge in [0.1, 0.15) is 0 Å². The molecule has 1 aliphatic heterocycles. The van der Waals surface area contributed by atoms with E-state index >= 15 is 0 Å². The van der Waals surface area contributed by atoms with Crippen molar-refractivity contribution in [3.05, 3.63) is 24.4 Å². The van der Waals surface area contributed by atoms with Crippen molar-refractivity contribution in [2.45, 2.75) is 33.1 Å². The highest BCUT2D eigenvalue weighted by molar-refractivity contribution is 5.01. The van der Waals surface area contributed by atoms with Crippen LogP contribution < -0.4 is 0 Å². The smallest absolute Gasteiger partial charge is 0.0201 e. The van der Waals surface area contributed by atoms with Crippen molar-refractivity contribution in [2.24, 2.45) is 5.92 Å². The number of likely N-dealkylation sites (tertiary alicyclic amines) is 1. The zero-order chi connectivity index (χ0) is 9.84. The number of nitrogens with zero attached hydrogens (tertiary/aromatic N) is 1. The Labute approximate surface area is 82.1 Å². The topological polar surface area (TPSA) is 3.24 Å². The molecule has 0 aromatic carbocycles. The minimum atomic E-state index is 0.849. The summed E-state index contributed by atoms with van der Waals surface area (Å²) in [6.45, 7) is 14.8. The molecule has 74 valence electrons. The first-order valence-electron chi connectivity index (χ1n) is 5.16. The third-order valence-corrected chi connectivity index (χ3v) is 2.71. The molecule has 0 aromatic heterocycles. The van der Waals surface area contributed by atoms with Crippen LogP contribution >= 0.6 is 0 Å². The Balaban J connectivity index is 2.27. The van der Waals surface area contributed by atoms with Crippen LogP contribution in [-0.2, 0) is 0 Å². The van der Waals surface area contributed by atoms with Crippen molar-refractivity contribution in [2.75, 3.05) is 13.1 Å².